The van der Waals surface area contributed by atoms with Crippen LogP contribution in [0, 0.1) is 0 Å². The third kappa shape index (κ3) is 1.72. The standard InChI is InChI=1S/C11H13ClO/c1-2-11(12)8-3-4-9-6-13-7-10(9)5-8/h3-5,11H,2,6-7H2,1H3. The number of rotatable bonds is 2. The lowest BCUT2D eigenvalue weighted by molar-refractivity contribution is 0.134. The van der Waals surface area contributed by atoms with Crippen LogP contribution in [0.2, 0.25) is 0 Å². The lowest BCUT2D eigenvalue weighted by atomic mass is 10.0. The second-order valence-electron chi connectivity index (χ2n) is 3.40. The summed E-state index contributed by atoms with van der Waals surface area (Å²) in [7, 11) is 0. The van der Waals surface area contributed by atoms with E-state index in [1.54, 1.807) is 0 Å². The molecule has 1 atom stereocenters. The Bertz CT molecular complexity index is 309. The lowest BCUT2D eigenvalue weighted by Crippen LogP contribution is -1.91. The minimum atomic E-state index is 0.144. The van der Waals surface area contributed by atoms with Crippen molar-refractivity contribution >= 4 is 11.6 Å². The number of benzene rings is 1. The zero-order chi connectivity index (χ0) is 9.26. The van der Waals surface area contributed by atoms with Gasteiger partial charge in [0.15, 0.2) is 0 Å². The van der Waals surface area contributed by atoms with Crippen LogP contribution in [-0.4, -0.2) is 0 Å². The summed E-state index contributed by atoms with van der Waals surface area (Å²) in [5.74, 6) is 0. The molecule has 1 aromatic carbocycles. The summed E-state index contributed by atoms with van der Waals surface area (Å²) in [5.41, 5.74) is 3.83. The molecule has 1 nitrogen and oxygen atoms in total. The predicted molar refractivity (Wildman–Crippen MR) is 53.8 cm³/mol. The van der Waals surface area contributed by atoms with Crippen LogP contribution in [0.25, 0.3) is 0 Å². The highest BCUT2D eigenvalue weighted by atomic mass is 35.5. The Balaban J connectivity index is 2.30. The summed E-state index contributed by atoms with van der Waals surface area (Å²) in [6.45, 7) is 3.60. The summed E-state index contributed by atoms with van der Waals surface area (Å²) in [4.78, 5) is 0. The lowest BCUT2D eigenvalue weighted by Gasteiger charge is -2.07. The molecule has 1 heterocycles. The van der Waals surface area contributed by atoms with Crippen LogP contribution in [0.15, 0.2) is 18.2 Å². The molecule has 1 aliphatic rings. The molecular weight excluding hydrogens is 184 g/mol. The van der Waals surface area contributed by atoms with E-state index in [4.69, 9.17) is 16.3 Å². The van der Waals surface area contributed by atoms with Crippen molar-refractivity contribution in [3.63, 3.8) is 0 Å². The Hall–Kier alpha value is -0.530. The average Bonchev–Trinajstić information content (AvgIpc) is 2.63. The van der Waals surface area contributed by atoms with Gasteiger partial charge in [0.05, 0.1) is 18.6 Å². The van der Waals surface area contributed by atoms with Crippen molar-refractivity contribution in [2.24, 2.45) is 0 Å². The first-order valence-electron chi connectivity index (χ1n) is 4.64. The van der Waals surface area contributed by atoms with Gasteiger partial charge in [0, 0.05) is 0 Å². The van der Waals surface area contributed by atoms with E-state index in [0.717, 1.165) is 19.6 Å². The molecule has 2 heteroatoms. The smallest absolute Gasteiger partial charge is 0.0725 e. The molecule has 0 radical (unpaired) electrons. The van der Waals surface area contributed by atoms with Crippen molar-refractivity contribution in [1.82, 2.24) is 0 Å². The molecule has 70 valence electrons. The second kappa shape index (κ2) is 3.69. The van der Waals surface area contributed by atoms with Crippen LogP contribution in [0.3, 0.4) is 0 Å². The van der Waals surface area contributed by atoms with Gasteiger partial charge in [-0.05, 0) is 23.1 Å². The quantitative estimate of drug-likeness (QED) is 0.659. The van der Waals surface area contributed by atoms with E-state index < -0.39 is 0 Å². The molecule has 1 unspecified atom stereocenters. The molecule has 0 amide bonds. The van der Waals surface area contributed by atoms with E-state index >= 15 is 0 Å². The monoisotopic (exact) mass is 196 g/mol. The van der Waals surface area contributed by atoms with Gasteiger partial charge in [-0.25, -0.2) is 0 Å². The van der Waals surface area contributed by atoms with Crippen molar-refractivity contribution in [2.75, 3.05) is 0 Å². The summed E-state index contributed by atoms with van der Waals surface area (Å²) in [6.07, 6.45) is 0.973. The van der Waals surface area contributed by atoms with E-state index in [1.807, 2.05) is 0 Å². The molecule has 0 saturated heterocycles. The van der Waals surface area contributed by atoms with E-state index in [0.29, 0.717) is 0 Å². The Labute approximate surface area is 83.7 Å². The molecule has 0 bridgehead atoms. The molecule has 0 fully saturated rings. The first-order chi connectivity index (χ1) is 6.31. The zero-order valence-electron chi connectivity index (χ0n) is 7.72. The minimum Gasteiger partial charge on any atom is -0.372 e. The summed E-state index contributed by atoms with van der Waals surface area (Å²) >= 11 is 6.15. The van der Waals surface area contributed by atoms with Gasteiger partial charge in [0.1, 0.15) is 0 Å². The molecule has 0 spiro atoms. The van der Waals surface area contributed by atoms with Crippen molar-refractivity contribution in [3.8, 4) is 0 Å². The summed E-state index contributed by atoms with van der Waals surface area (Å²) < 4.78 is 5.34. The highest BCUT2D eigenvalue weighted by molar-refractivity contribution is 6.20. The van der Waals surface area contributed by atoms with Gasteiger partial charge in [0.25, 0.3) is 0 Å². The van der Waals surface area contributed by atoms with Crippen molar-refractivity contribution in [2.45, 2.75) is 31.9 Å². The molecule has 0 N–H and O–H groups in total. The van der Waals surface area contributed by atoms with E-state index in [2.05, 4.69) is 25.1 Å². The topological polar surface area (TPSA) is 9.23 Å². The number of hydrogen-bond donors (Lipinski definition) is 0. The fraction of sp³-hybridized carbons (Fsp3) is 0.455. The minimum absolute atomic E-state index is 0.144. The van der Waals surface area contributed by atoms with Gasteiger partial charge in [0.2, 0.25) is 0 Å². The molecule has 1 aliphatic heterocycles. The number of alkyl halides is 1. The molecule has 1 aromatic rings. The van der Waals surface area contributed by atoms with Crippen LogP contribution in [0.5, 0.6) is 0 Å². The van der Waals surface area contributed by atoms with Crippen molar-refractivity contribution in [1.29, 1.82) is 0 Å². The first kappa shape index (κ1) is 9.04. The zero-order valence-corrected chi connectivity index (χ0v) is 8.47. The normalized spacial score (nSPS) is 17.1. The summed E-state index contributed by atoms with van der Waals surface area (Å²) in [6, 6.07) is 6.40. The van der Waals surface area contributed by atoms with Gasteiger partial charge in [-0.1, -0.05) is 25.1 Å². The average molecular weight is 197 g/mol. The fourth-order valence-electron chi connectivity index (χ4n) is 1.62. The second-order valence-corrected chi connectivity index (χ2v) is 3.92. The van der Waals surface area contributed by atoms with Crippen LogP contribution < -0.4 is 0 Å². The number of fused-ring (bicyclic) bond motifs is 1. The van der Waals surface area contributed by atoms with Gasteiger partial charge >= 0.3 is 0 Å². The van der Waals surface area contributed by atoms with Crippen LogP contribution in [0.1, 0.15) is 35.4 Å². The van der Waals surface area contributed by atoms with E-state index in [-0.39, 0.29) is 5.38 Å². The molecule has 13 heavy (non-hydrogen) atoms. The maximum absolute atomic E-state index is 6.15. The molecule has 0 aromatic heterocycles. The Morgan fingerprint density at radius 1 is 1.38 bits per heavy atom. The third-order valence-corrected chi connectivity index (χ3v) is 3.03. The molecule has 0 saturated carbocycles. The van der Waals surface area contributed by atoms with Crippen LogP contribution in [0.4, 0.5) is 0 Å². The number of ether oxygens (including phenoxy) is 1. The fourth-order valence-corrected chi connectivity index (χ4v) is 1.76. The highest BCUT2D eigenvalue weighted by Crippen LogP contribution is 2.28. The van der Waals surface area contributed by atoms with Gasteiger partial charge in [-0.2, -0.15) is 0 Å². The van der Waals surface area contributed by atoms with Gasteiger partial charge in [-0.3, -0.25) is 0 Å². The first-order valence-corrected chi connectivity index (χ1v) is 5.08. The molecule has 2 rings (SSSR count). The van der Waals surface area contributed by atoms with Gasteiger partial charge in [-0.15, -0.1) is 11.6 Å². The van der Waals surface area contributed by atoms with Crippen LogP contribution in [-0.2, 0) is 18.0 Å². The Morgan fingerprint density at radius 2 is 2.15 bits per heavy atom. The van der Waals surface area contributed by atoms with Crippen molar-refractivity contribution < 1.29 is 4.74 Å². The maximum Gasteiger partial charge on any atom is 0.0725 e. The Kier molecular flexibility index (Phi) is 2.56. The van der Waals surface area contributed by atoms with Crippen LogP contribution >= 0.6 is 11.6 Å². The highest BCUT2D eigenvalue weighted by Gasteiger charge is 2.13. The summed E-state index contributed by atoms with van der Waals surface area (Å²) in [5, 5.41) is 0.144. The van der Waals surface area contributed by atoms with Gasteiger partial charge < -0.3 is 4.74 Å². The number of halogens is 1. The predicted octanol–water partition coefficient (Wildman–Crippen LogP) is 3.41. The Morgan fingerprint density at radius 3 is 2.92 bits per heavy atom. The van der Waals surface area contributed by atoms with E-state index in [9.17, 15) is 0 Å². The largest absolute Gasteiger partial charge is 0.372 e. The third-order valence-electron chi connectivity index (χ3n) is 2.47. The van der Waals surface area contributed by atoms with E-state index in [1.165, 1.54) is 16.7 Å². The SMILES string of the molecule is CCC(Cl)c1ccc2c(c1)COC2. The van der Waals surface area contributed by atoms with Crippen molar-refractivity contribution in [3.05, 3.63) is 34.9 Å². The molecular formula is C11H13ClO. The number of hydrogen-bond acceptors (Lipinski definition) is 1. The maximum atomic E-state index is 6.15. The molecule has 0 aliphatic carbocycles.